The first-order valence-corrected chi connectivity index (χ1v) is 24.3. The van der Waals surface area contributed by atoms with Crippen molar-refractivity contribution in [2.24, 2.45) is 0 Å². The van der Waals surface area contributed by atoms with Gasteiger partial charge >= 0.3 is 0 Å². The molecular formula is C44H90O4S. The minimum Gasteiger partial charge on any atom is -0.381 e. The fraction of sp³-hybridized carbons (Fsp3) is 1.00. The van der Waals surface area contributed by atoms with Gasteiger partial charge in [0.2, 0.25) is 0 Å². The molecule has 49 heavy (non-hydrogen) atoms. The Bertz CT molecular complexity index is 643. The Kier molecular flexibility index (Phi) is 42.2. The lowest BCUT2D eigenvalue weighted by Crippen LogP contribution is -2.12. The van der Waals surface area contributed by atoms with Crippen molar-refractivity contribution >= 4 is 9.84 Å². The van der Waals surface area contributed by atoms with Crippen LogP contribution in [0, 0.1) is 0 Å². The van der Waals surface area contributed by atoms with Crippen LogP contribution in [0.25, 0.3) is 0 Å². The first kappa shape index (κ1) is 48.9. The number of rotatable bonds is 44. The molecule has 0 bridgehead atoms. The highest BCUT2D eigenvalue weighted by Gasteiger charge is 2.10. The Labute approximate surface area is 309 Å². The van der Waals surface area contributed by atoms with Gasteiger partial charge in [-0.05, 0) is 38.5 Å². The van der Waals surface area contributed by atoms with Gasteiger partial charge in [0.05, 0.1) is 11.5 Å². The van der Waals surface area contributed by atoms with Gasteiger partial charge in [-0.3, -0.25) is 0 Å². The summed E-state index contributed by atoms with van der Waals surface area (Å²) in [4.78, 5) is 0. The van der Waals surface area contributed by atoms with Crippen LogP contribution in [0.5, 0.6) is 0 Å². The highest BCUT2D eigenvalue weighted by molar-refractivity contribution is 7.91. The molecule has 0 fully saturated rings. The van der Waals surface area contributed by atoms with Gasteiger partial charge in [0.25, 0.3) is 0 Å². The van der Waals surface area contributed by atoms with Crippen molar-refractivity contribution < 1.29 is 17.9 Å². The minimum absolute atomic E-state index is 0.301. The van der Waals surface area contributed by atoms with Crippen molar-refractivity contribution in [1.29, 1.82) is 0 Å². The molecule has 0 aromatic carbocycles. The third-order valence-corrected chi connectivity index (χ3v) is 12.1. The zero-order valence-electron chi connectivity index (χ0n) is 33.7. The van der Waals surface area contributed by atoms with E-state index in [1.54, 1.807) is 0 Å². The van der Waals surface area contributed by atoms with Crippen molar-refractivity contribution in [2.45, 2.75) is 245 Å². The summed E-state index contributed by atoms with van der Waals surface area (Å²) in [5, 5.41) is 0. The molecule has 0 heterocycles. The summed E-state index contributed by atoms with van der Waals surface area (Å²) in [6.07, 6.45) is 47.4. The highest BCUT2D eigenvalue weighted by atomic mass is 32.2. The second-order valence-corrected chi connectivity index (χ2v) is 17.7. The molecule has 0 rings (SSSR count). The van der Waals surface area contributed by atoms with Crippen LogP contribution in [0.3, 0.4) is 0 Å². The molecule has 5 heteroatoms. The number of hydrogen-bond acceptors (Lipinski definition) is 4. The van der Waals surface area contributed by atoms with E-state index in [1.807, 2.05) is 0 Å². The van der Waals surface area contributed by atoms with Gasteiger partial charge in [-0.15, -0.1) is 0 Å². The first-order chi connectivity index (χ1) is 24.1. The average molecular weight is 715 g/mol. The predicted molar refractivity (Wildman–Crippen MR) is 218 cm³/mol. The molecule has 0 saturated heterocycles. The normalized spacial score (nSPS) is 12.0. The van der Waals surface area contributed by atoms with Crippen molar-refractivity contribution in [3.8, 4) is 0 Å². The summed E-state index contributed by atoms with van der Waals surface area (Å²) >= 11 is 0. The molecule has 4 nitrogen and oxygen atoms in total. The van der Waals surface area contributed by atoms with E-state index >= 15 is 0 Å². The summed E-state index contributed by atoms with van der Waals surface area (Å²) in [7, 11) is -2.94. The molecule has 0 unspecified atom stereocenters. The number of hydrogen-bond donors (Lipinski definition) is 0. The molecule has 0 radical (unpaired) electrons. The van der Waals surface area contributed by atoms with Crippen LogP contribution < -0.4 is 0 Å². The highest BCUT2D eigenvalue weighted by Crippen LogP contribution is 2.15. The van der Waals surface area contributed by atoms with Gasteiger partial charge in [0.15, 0.2) is 0 Å². The Hall–Kier alpha value is -0.130. The van der Waals surface area contributed by atoms with Crippen molar-refractivity contribution in [3.63, 3.8) is 0 Å². The van der Waals surface area contributed by atoms with Crippen molar-refractivity contribution in [1.82, 2.24) is 0 Å². The standard InChI is InChI=1S/C44H90O4S/c1-3-5-7-9-11-13-15-17-19-21-23-25-27-29-31-33-39-47-41-35-37-43-49(45,46)44-38-36-42-48-40-34-32-30-28-26-24-22-20-18-16-14-12-10-8-6-4-2/h3-44H2,1-2H3. The van der Waals surface area contributed by atoms with Crippen molar-refractivity contribution in [3.05, 3.63) is 0 Å². The lowest BCUT2D eigenvalue weighted by molar-refractivity contribution is 0.127. The third-order valence-electron chi connectivity index (χ3n) is 10.3. The molecule has 0 saturated carbocycles. The van der Waals surface area contributed by atoms with E-state index in [2.05, 4.69) is 13.8 Å². The van der Waals surface area contributed by atoms with Crippen molar-refractivity contribution in [2.75, 3.05) is 37.9 Å². The molecular weight excluding hydrogens is 625 g/mol. The summed E-state index contributed by atoms with van der Waals surface area (Å²) in [5.41, 5.74) is 0. The topological polar surface area (TPSA) is 52.6 Å². The third kappa shape index (κ3) is 44.0. The van der Waals surface area contributed by atoms with Crippen LogP contribution in [0.4, 0.5) is 0 Å². The molecule has 0 spiro atoms. The van der Waals surface area contributed by atoms with Gasteiger partial charge in [-0.1, -0.05) is 206 Å². The van der Waals surface area contributed by atoms with E-state index in [0.717, 1.165) is 51.7 Å². The Morgan fingerprint density at radius 2 is 0.449 bits per heavy atom. The molecule has 296 valence electrons. The van der Waals surface area contributed by atoms with Gasteiger partial charge in [0.1, 0.15) is 9.84 Å². The summed E-state index contributed by atoms with van der Waals surface area (Å²) in [5.74, 6) is 0.602. The Morgan fingerprint density at radius 3 is 0.673 bits per heavy atom. The Morgan fingerprint density at radius 1 is 0.265 bits per heavy atom. The largest absolute Gasteiger partial charge is 0.381 e. The molecule has 0 aromatic rings. The van der Waals surface area contributed by atoms with E-state index in [9.17, 15) is 8.42 Å². The first-order valence-electron chi connectivity index (χ1n) is 22.5. The van der Waals surface area contributed by atoms with E-state index in [4.69, 9.17) is 9.47 Å². The molecule has 0 aliphatic rings. The van der Waals surface area contributed by atoms with Gasteiger partial charge in [-0.25, -0.2) is 8.42 Å². The van der Waals surface area contributed by atoms with Crippen LogP contribution in [0.15, 0.2) is 0 Å². The second kappa shape index (κ2) is 42.3. The van der Waals surface area contributed by atoms with Crippen LogP contribution in [-0.2, 0) is 19.3 Å². The molecule has 0 aromatic heterocycles. The van der Waals surface area contributed by atoms with E-state index < -0.39 is 9.84 Å². The lowest BCUT2D eigenvalue weighted by atomic mass is 10.0. The van der Waals surface area contributed by atoms with Gasteiger partial charge in [0, 0.05) is 26.4 Å². The second-order valence-electron chi connectivity index (χ2n) is 15.4. The fourth-order valence-corrected chi connectivity index (χ4v) is 8.35. The number of unbranched alkanes of at least 4 members (excludes halogenated alkanes) is 32. The summed E-state index contributed by atoms with van der Waals surface area (Å²) in [6, 6.07) is 0. The summed E-state index contributed by atoms with van der Waals surface area (Å²) in [6.45, 7) is 7.62. The smallest absolute Gasteiger partial charge is 0.150 e. The lowest BCUT2D eigenvalue weighted by Gasteiger charge is -2.07. The van der Waals surface area contributed by atoms with Gasteiger partial charge < -0.3 is 9.47 Å². The minimum atomic E-state index is -2.94. The van der Waals surface area contributed by atoms with Gasteiger partial charge in [-0.2, -0.15) is 0 Å². The number of sulfone groups is 1. The molecule has 0 atom stereocenters. The van der Waals surface area contributed by atoms with Crippen LogP contribution in [-0.4, -0.2) is 46.4 Å². The Balaban J connectivity index is 3.25. The summed E-state index contributed by atoms with van der Waals surface area (Å²) < 4.78 is 36.2. The average Bonchev–Trinajstić information content (AvgIpc) is 3.09. The van der Waals surface area contributed by atoms with E-state index in [0.29, 0.717) is 24.7 Å². The SMILES string of the molecule is CCCCCCCCCCCCCCCCCCOCCCCS(=O)(=O)CCCCOCCCCCCCCCCCCCCCCCC. The van der Waals surface area contributed by atoms with E-state index in [-0.39, 0.29) is 0 Å². The monoisotopic (exact) mass is 715 g/mol. The van der Waals surface area contributed by atoms with Crippen LogP contribution in [0.1, 0.15) is 245 Å². The maximum Gasteiger partial charge on any atom is 0.150 e. The number of ether oxygens (including phenoxy) is 2. The zero-order valence-corrected chi connectivity index (χ0v) is 34.6. The predicted octanol–water partition coefficient (Wildman–Crippen LogP) is 14.5. The molecule has 0 amide bonds. The fourth-order valence-electron chi connectivity index (χ4n) is 6.86. The van der Waals surface area contributed by atoms with Crippen LogP contribution >= 0.6 is 0 Å². The maximum atomic E-state index is 12.4. The molecule has 0 N–H and O–H groups in total. The quantitative estimate of drug-likeness (QED) is 0.0590. The molecule has 0 aliphatic heterocycles. The maximum absolute atomic E-state index is 12.4. The zero-order chi connectivity index (χ0) is 35.6. The molecule has 0 aliphatic carbocycles. The van der Waals surface area contributed by atoms with E-state index in [1.165, 1.54) is 193 Å². The van der Waals surface area contributed by atoms with Crippen LogP contribution in [0.2, 0.25) is 0 Å².